The number of hydrogen-bond acceptors (Lipinski definition) is 4. The molecule has 0 saturated carbocycles. The molecule has 13 aromatic rings. The van der Waals surface area contributed by atoms with Crippen LogP contribution in [0, 0.1) is 0 Å². The average molecular weight is 1110 g/mol. The molecule has 0 saturated heterocycles. The van der Waals surface area contributed by atoms with E-state index in [2.05, 4.69) is 314 Å². The minimum Gasteiger partial charge on any atom is -0.456 e. The van der Waals surface area contributed by atoms with E-state index in [0.29, 0.717) is 5.42 Å². The molecule has 414 valence electrons. The van der Waals surface area contributed by atoms with Crippen LogP contribution in [-0.2, 0) is 16.2 Å². The van der Waals surface area contributed by atoms with Gasteiger partial charge in [0.15, 0.2) is 0 Å². The Labute approximate surface area is 502 Å². The van der Waals surface area contributed by atoms with E-state index in [-0.39, 0.29) is 10.8 Å². The SMILES string of the molecule is C=c1oc2c3c(c4c(c2/c1=C/C=C\C)-c1ccc(N(c2ccc(N(c5ccccc5)c5ccccc5)cc2)c2ccc5c(c2)C(C)(C)c2cc(-c6ccc(-c7ccccc7)cc6)c6oc7ccccc7c6c2-5)cc1C4(C)C)C(C)(C)c1ccccc1-3. The van der Waals surface area contributed by atoms with Crippen molar-refractivity contribution < 1.29 is 8.83 Å². The molecule has 3 aliphatic carbocycles. The Morgan fingerprint density at radius 3 is 1.51 bits per heavy atom. The number of furan rings is 2. The lowest BCUT2D eigenvalue weighted by molar-refractivity contribution is 0.574. The fraction of sp³-hybridized carbons (Fsp3) is 0.122. The first-order valence-electron chi connectivity index (χ1n) is 30.1. The maximum absolute atomic E-state index is 6.97. The summed E-state index contributed by atoms with van der Waals surface area (Å²) in [6.45, 7) is 21.1. The quantitative estimate of drug-likeness (QED) is 0.144. The summed E-state index contributed by atoms with van der Waals surface area (Å²) in [6, 6.07) is 84.4. The Morgan fingerprint density at radius 1 is 0.372 bits per heavy atom. The third-order valence-electron chi connectivity index (χ3n) is 19.3. The first-order valence-corrected chi connectivity index (χ1v) is 30.1. The molecule has 2 aromatic heterocycles. The van der Waals surface area contributed by atoms with Crippen LogP contribution in [0.5, 0.6) is 0 Å². The van der Waals surface area contributed by atoms with E-state index < -0.39 is 5.41 Å². The molecular weight excluding hydrogens is 1040 g/mol. The molecule has 11 aromatic carbocycles. The molecule has 0 radical (unpaired) electrons. The van der Waals surface area contributed by atoms with Gasteiger partial charge in [0.05, 0.1) is 0 Å². The molecule has 3 aliphatic rings. The molecule has 0 fully saturated rings. The van der Waals surface area contributed by atoms with E-state index in [1.807, 2.05) is 0 Å². The number of fused-ring (bicyclic) bond motifs is 17. The van der Waals surface area contributed by atoms with Crippen LogP contribution in [0.3, 0.4) is 0 Å². The molecule has 0 N–H and O–H groups in total. The molecule has 0 spiro atoms. The summed E-state index contributed by atoms with van der Waals surface area (Å²) in [5.74, 6) is 0. The Bertz CT molecular complexity index is 5040. The van der Waals surface area contributed by atoms with E-state index in [9.17, 15) is 0 Å². The van der Waals surface area contributed by atoms with Crippen LogP contribution >= 0.6 is 0 Å². The summed E-state index contributed by atoms with van der Waals surface area (Å²) < 4.78 is 13.9. The largest absolute Gasteiger partial charge is 0.456 e. The van der Waals surface area contributed by atoms with Crippen molar-refractivity contribution in [1.82, 2.24) is 0 Å². The van der Waals surface area contributed by atoms with E-state index in [1.165, 1.54) is 77.9 Å². The first kappa shape index (κ1) is 51.5. The van der Waals surface area contributed by atoms with Crippen molar-refractivity contribution >= 4 is 79.7 Å². The van der Waals surface area contributed by atoms with Gasteiger partial charge in [0.25, 0.3) is 0 Å². The molecule has 4 heteroatoms. The number of benzene rings is 11. The van der Waals surface area contributed by atoms with Crippen LogP contribution in [0.2, 0.25) is 0 Å². The third kappa shape index (κ3) is 7.42. The third-order valence-corrected chi connectivity index (χ3v) is 19.3. The highest BCUT2D eigenvalue weighted by atomic mass is 16.3. The Hall–Kier alpha value is -10.2. The Balaban J connectivity index is 0.899. The number of hydrogen-bond donors (Lipinski definition) is 0. The number of nitrogens with zero attached hydrogens (tertiary/aromatic N) is 2. The maximum atomic E-state index is 6.97. The van der Waals surface area contributed by atoms with E-state index >= 15 is 0 Å². The zero-order chi connectivity index (χ0) is 58.4. The predicted octanol–water partition coefficient (Wildman–Crippen LogP) is 21.3. The summed E-state index contributed by atoms with van der Waals surface area (Å²) >= 11 is 0. The van der Waals surface area contributed by atoms with Crippen LogP contribution in [0.15, 0.2) is 252 Å². The van der Waals surface area contributed by atoms with Crippen LogP contribution in [-0.4, -0.2) is 0 Å². The summed E-state index contributed by atoms with van der Waals surface area (Å²) in [5.41, 5.74) is 28.7. The highest BCUT2D eigenvalue weighted by Crippen LogP contribution is 2.63. The average Bonchev–Trinajstić information content (AvgIpc) is 1.52. The molecule has 0 unspecified atom stereocenters. The van der Waals surface area contributed by atoms with Crippen molar-refractivity contribution in [2.75, 3.05) is 9.80 Å². The van der Waals surface area contributed by atoms with Gasteiger partial charge in [0.2, 0.25) is 0 Å². The lowest BCUT2D eigenvalue weighted by Crippen LogP contribution is -2.25. The summed E-state index contributed by atoms with van der Waals surface area (Å²) in [5, 5.41) is 4.46. The Morgan fingerprint density at radius 2 is 0.860 bits per heavy atom. The minimum absolute atomic E-state index is 0.286. The lowest BCUT2D eigenvalue weighted by atomic mass is 9.72. The van der Waals surface area contributed by atoms with E-state index in [4.69, 9.17) is 8.83 Å². The minimum atomic E-state index is -0.407. The summed E-state index contributed by atoms with van der Waals surface area (Å²) in [4.78, 5) is 4.82. The van der Waals surface area contributed by atoms with Crippen molar-refractivity contribution in [1.29, 1.82) is 0 Å². The van der Waals surface area contributed by atoms with E-state index in [0.717, 1.165) is 83.4 Å². The van der Waals surface area contributed by atoms with Gasteiger partial charge < -0.3 is 18.6 Å². The van der Waals surface area contributed by atoms with Crippen molar-refractivity contribution in [3.05, 3.63) is 287 Å². The lowest BCUT2D eigenvalue weighted by Gasteiger charge is -2.32. The monoisotopic (exact) mass is 1110 g/mol. The molecule has 0 bridgehead atoms. The Kier molecular flexibility index (Phi) is 11.3. The van der Waals surface area contributed by atoms with Crippen molar-refractivity contribution in [2.45, 2.75) is 64.7 Å². The van der Waals surface area contributed by atoms with Gasteiger partial charge in [-0.3, -0.25) is 0 Å². The zero-order valence-electron chi connectivity index (χ0n) is 49.6. The van der Waals surface area contributed by atoms with Gasteiger partial charge in [-0.05, 0) is 170 Å². The molecule has 86 heavy (non-hydrogen) atoms. The van der Waals surface area contributed by atoms with Gasteiger partial charge in [-0.1, -0.05) is 212 Å². The number of para-hydroxylation sites is 3. The van der Waals surface area contributed by atoms with Crippen molar-refractivity contribution in [3.63, 3.8) is 0 Å². The van der Waals surface area contributed by atoms with Crippen molar-refractivity contribution in [2.24, 2.45) is 0 Å². The van der Waals surface area contributed by atoms with Crippen LogP contribution in [0.4, 0.5) is 34.1 Å². The van der Waals surface area contributed by atoms with Crippen LogP contribution in [0.25, 0.3) is 101 Å². The number of rotatable bonds is 9. The van der Waals surface area contributed by atoms with Gasteiger partial charge >= 0.3 is 0 Å². The normalized spacial score (nSPS) is 14.8. The maximum Gasteiger partial charge on any atom is 0.144 e. The number of anilines is 6. The van der Waals surface area contributed by atoms with Gasteiger partial charge in [-0.25, -0.2) is 0 Å². The van der Waals surface area contributed by atoms with Gasteiger partial charge in [0, 0.05) is 82.9 Å². The van der Waals surface area contributed by atoms with Gasteiger partial charge in [0.1, 0.15) is 22.2 Å². The van der Waals surface area contributed by atoms with Gasteiger partial charge in [-0.15, -0.1) is 0 Å². The molecular formula is C82H64N2O2. The fourth-order valence-corrected chi connectivity index (χ4v) is 15.2. The topological polar surface area (TPSA) is 32.8 Å². The van der Waals surface area contributed by atoms with E-state index in [1.54, 1.807) is 0 Å². The van der Waals surface area contributed by atoms with Gasteiger partial charge in [-0.2, -0.15) is 0 Å². The summed E-state index contributed by atoms with van der Waals surface area (Å²) in [7, 11) is 0. The highest BCUT2D eigenvalue weighted by Gasteiger charge is 2.49. The van der Waals surface area contributed by atoms with Crippen molar-refractivity contribution in [3.8, 4) is 55.6 Å². The standard InChI is InChI=1S/C82H64N2O2/c1-9-10-30-60-50(2)85-79-73(60)72-63-46-44-59(48-68(63)82(7,8)76(72)77-75(79)61-31-20-22-33-66(61)81(77,5)6)84(57-41-39-56(40-42-57)83(54-26-16-12-17-27-54)55-28-18-13-19-29-55)58-43-45-62-67(47-58)80(3,4)69-49-65(53-37-35-52(36-38-53)51-24-14-11-15-25-51)78-74(71(62)69)64-32-21-23-34-70(64)86-78/h9-49H,2H2,1,3-8H3/b10-9-,60-30+. The molecule has 0 aliphatic heterocycles. The fourth-order valence-electron chi connectivity index (χ4n) is 15.2. The molecule has 16 rings (SSSR count). The molecule has 0 atom stereocenters. The second-order valence-corrected chi connectivity index (χ2v) is 25.2. The second-order valence-electron chi connectivity index (χ2n) is 25.2. The second kappa shape index (κ2) is 18.9. The zero-order valence-corrected chi connectivity index (χ0v) is 49.6. The van der Waals surface area contributed by atoms with Crippen LogP contribution in [0.1, 0.15) is 81.8 Å². The summed E-state index contributed by atoms with van der Waals surface area (Å²) in [6.07, 6.45) is 6.38. The predicted molar refractivity (Wildman–Crippen MR) is 360 cm³/mol. The molecule has 4 nitrogen and oxygen atoms in total. The van der Waals surface area contributed by atoms with Crippen LogP contribution < -0.4 is 20.4 Å². The first-order chi connectivity index (χ1) is 41.8. The molecule has 2 heterocycles. The highest BCUT2D eigenvalue weighted by molar-refractivity contribution is 6.19. The number of allylic oxidation sites excluding steroid dienone is 2. The molecule has 0 amide bonds. The smallest absolute Gasteiger partial charge is 0.144 e.